The van der Waals surface area contributed by atoms with Crippen LogP contribution in [0, 0.1) is 17.2 Å². The highest BCUT2D eigenvalue weighted by atomic mass is 32.2. The topological polar surface area (TPSA) is 157 Å². The van der Waals surface area contributed by atoms with Crippen LogP contribution in [-0.4, -0.2) is 75.6 Å². The van der Waals surface area contributed by atoms with E-state index in [9.17, 15) is 23.6 Å². The van der Waals surface area contributed by atoms with Gasteiger partial charge in [0, 0.05) is 38.3 Å². The standard InChI is InChI=1S/C22H26N8O4S2/c1-14(2)21(32)29-7-5-28(6-8-29)16-9-15(36(33,34)27-22(13-23)3-4-22)11-30-17(16)10-24-19(30)20-26-25-18(12-31)35-20/h9-11,14,27,31H,3-8,12H2,1-2H3. The molecule has 1 aliphatic carbocycles. The van der Waals surface area contributed by atoms with Crippen LogP contribution in [0.3, 0.4) is 0 Å². The molecular formula is C22H26N8O4S2. The third kappa shape index (κ3) is 4.43. The van der Waals surface area contributed by atoms with Crippen LogP contribution in [0.25, 0.3) is 16.3 Å². The molecule has 3 aromatic rings. The van der Waals surface area contributed by atoms with Gasteiger partial charge < -0.3 is 14.9 Å². The molecule has 0 bridgehead atoms. The maximum Gasteiger partial charge on any atom is 0.243 e. The highest BCUT2D eigenvalue weighted by Gasteiger charge is 2.47. The Kier molecular flexibility index (Phi) is 6.19. The number of piperazine rings is 1. The molecule has 190 valence electrons. The fourth-order valence-corrected chi connectivity index (χ4v) is 6.32. The van der Waals surface area contributed by atoms with Crippen molar-refractivity contribution in [1.82, 2.24) is 29.2 Å². The van der Waals surface area contributed by atoms with Gasteiger partial charge >= 0.3 is 0 Å². The molecule has 1 aliphatic heterocycles. The molecule has 0 unspecified atom stereocenters. The molecule has 12 nitrogen and oxygen atoms in total. The lowest BCUT2D eigenvalue weighted by Crippen LogP contribution is -2.50. The van der Waals surface area contributed by atoms with Crippen molar-refractivity contribution >= 4 is 38.5 Å². The van der Waals surface area contributed by atoms with Gasteiger partial charge in [0.15, 0.2) is 10.8 Å². The van der Waals surface area contributed by atoms with E-state index < -0.39 is 15.6 Å². The zero-order chi connectivity index (χ0) is 25.7. The van der Waals surface area contributed by atoms with Crippen molar-refractivity contribution in [3.05, 3.63) is 23.5 Å². The molecule has 4 heterocycles. The lowest BCUT2D eigenvalue weighted by molar-refractivity contribution is -0.134. The lowest BCUT2D eigenvalue weighted by atomic mass is 10.1. The van der Waals surface area contributed by atoms with Crippen LogP contribution in [0.2, 0.25) is 0 Å². The summed E-state index contributed by atoms with van der Waals surface area (Å²) in [5.41, 5.74) is 0.265. The number of aliphatic hydroxyl groups is 1. The number of hydrogen-bond donors (Lipinski definition) is 2. The van der Waals surface area contributed by atoms with E-state index in [4.69, 9.17) is 0 Å². The van der Waals surface area contributed by atoms with Gasteiger partial charge in [-0.25, -0.2) is 13.4 Å². The summed E-state index contributed by atoms with van der Waals surface area (Å²) >= 11 is 1.17. The highest BCUT2D eigenvalue weighted by Crippen LogP contribution is 2.37. The second kappa shape index (κ2) is 9.07. The summed E-state index contributed by atoms with van der Waals surface area (Å²) in [6, 6.07) is 3.65. The number of amides is 1. The predicted octanol–water partition coefficient (Wildman–Crippen LogP) is 0.984. The highest BCUT2D eigenvalue weighted by molar-refractivity contribution is 7.89. The summed E-state index contributed by atoms with van der Waals surface area (Å²) in [6.07, 6.45) is 4.05. The second-order valence-electron chi connectivity index (χ2n) is 9.32. The molecule has 3 aromatic heterocycles. The van der Waals surface area contributed by atoms with Crippen LogP contribution in [0.4, 0.5) is 5.69 Å². The third-order valence-corrected chi connectivity index (χ3v) is 8.83. The normalized spacial score (nSPS) is 17.5. The van der Waals surface area contributed by atoms with E-state index in [0.29, 0.717) is 66.1 Å². The number of nitrogens with zero attached hydrogens (tertiary/aromatic N) is 7. The molecule has 36 heavy (non-hydrogen) atoms. The summed E-state index contributed by atoms with van der Waals surface area (Å²) in [4.78, 5) is 20.8. The molecule has 2 fully saturated rings. The van der Waals surface area contributed by atoms with Gasteiger partial charge in [-0.2, -0.15) is 9.98 Å². The number of carbonyl (C=O) groups excluding carboxylic acids is 1. The number of carbonyl (C=O) groups is 1. The Morgan fingerprint density at radius 2 is 2.00 bits per heavy atom. The van der Waals surface area contributed by atoms with Crippen LogP contribution < -0.4 is 9.62 Å². The maximum absolute atomic E-state index is 13.3. The predicted molar refractivity (Wildman–Crippen MR) is 132 cm³/mol. The SMILES string of the molecule is CC(C)C(=O)N1CCN(c2cc(S(=O)(=O)NC3(C#N)CC3)cn3c(-c4nnc(CO)s4)ncc23)CC1. The summed E-state index contributed by atoms with van der Waals surface area (Å²) in [5, 5.41) is 27.7. The molecule has 0 spiro atoms. The first kappa shape index (κ1) is 24.6. The molecule has 1 amide bonds. The Bertz CT molecular complexity index is 1460. The number of aliphatic hydroxyl groups excluding tert-OH is 1. The largest absolute Gasteiger partial charge is 0.389 e. The van der Waals surface area contributed by atoms with Crippen molar-refractivity contribution < 1.29 is 18.3 Å². The fraction of sp³-hybridized carbons (Fsp3) is 0.500. The van der Waals surface area contributed by atoms with Crippen molar-refractivity contribution in [3.63, 3.8) is 0 Å². The van der Waals surface area contributed by atoms with Crippen molar-refractivity contribution in [2.75, 3.05) is 31.1 Å². The second-order valence-corrected chi connectivity index (χ2v) is 12.1. The number of pyridine rings is 1. The van der Waals surface area contributed by atoms with Crippen LogP contribution in [0.5, 0.6) is 0 Å². The number of nitriles is 1. The van der Waals surface area contributed by atoms with Crippen molar-refractivity contribution in [2.24, 2.45) is 5.92 Å². The van der Waals surface area contributed by atoms with Gasteiger partial charge in [-0.1, -0.05) is 25.2 Å². The third-order valence-electron chi connectivity index (χ3n) is 6.42. The first-order valence-electron chi connectivity index (χ1n) is 11.6. The zero-order valence-electron chi connectivity index (χ0n) is 19.9. The van der Waals surface area contributed by atoms with Gasteiger partial charge in [0.25, 0.3) is 0 Å². The van der Waals surface area contributed by atoms with Crippen molar-refractivity contribution in [2.45, 2.75) is 43.7 Å². The molecule has 1 saturated carbocycles. The number of rotatable bonds is 7. The Morgan fingerprint density at radius 3 is 2.58 bits per heavy atom. The summed E-state index contributed by atoms with van der Waals surface area (Å²) in [5.74, 6) is 0.399. The molecule has 5 rings (SSSR count). The zero-order valence-corrected chi connectivity index (χ0v) is 21.5. The van der Waals surface area contributed by atoms with Gasteiger partial charge in [0.05, 0.1) is 30.1 Å². The van der Waals surface area contributed by atoms with Crippen molar-refractivity contribution in [1.29, 1.82) is 5.26 Å². The monoisotopic (exact) mass is 530 g/mol. The minimum absolute atomic E-state index is 0.00152. The molecule has 14 heteroatoms. The number of aromatic nitrogens is 4. The molecular weight excluding hydrogens is 504 g/mol. The van der Waals surface area contributed by atoms with Gasteiger partial charge in [0.2, 0.25) is 15.9 Å². The van der Waals surface area contributed by atoms with Crippen LogP contribution in [0.15, 0.2) is 23.4 Å². The number of nitrogens with one attached hydrogen (secondary N) is 1. The molecule has 2 aliphatic rings. The van der Waals surface area contributed by atoms with Crippen molar-refractivity contribution in [3.8, 4) is 16.9 Å². The molecule has 0 aromatic carbocycles. The van der Waals surface area contributed by atoms with E-state index in [1.165, 1.54) is 17.5 Å². The first-order valence-corrected chi connectivity index (χ1v) is 13.9. The smallest absolute Gasteiger partial charge is 0.243 e. The summed E-state index contributed by atoms with van der Waals surface area (Å²) in [6.45, 7) is 5.59. The molecule has 1 saturated heterocycles. The number of anilines is 1. The Balaban J connectivity index is 1.57. The van der Waals surface area contributed by atoms with E-state index in [-0.39, 0.29) is 23.3 Å². The van der Waals surface area contributed by atoms with Gasteiger partial charge in [-0.05, 0) is 18.9 Å². The minimum atomic E-state index is -4.02. The van der Waals surface area contributed by atoms with E-state index in [0.717, 1.165) is 0 Å². The maximum atomic E-state index is 13.3. The van der Waals surface area contributed by atoms with E-state index in [1.807, 2.05) is 23.6 Å². The Labute approximate surface area is 212 Å². The number of imidazole rings is 1. The van der Waals surface area contributed by atoms with Gasteiger partial charge in [-0.3, -0.25) is 9.20 Å². The van der Waals surface area contributed by atoms with Gasteiger partial charge in [-0.15, -0.1) is 10.2 Å². The van der Waals surface area contributed by atoms with Gasteiger partial charge in [0.1, 0.15) is 15.4 Å². The summed E-state index contributed by atoms with van der Waals surface area (Å²) in [7, 11) is -4.02. The first-order chi connectivity index (χ1) is 17.2. The van der Waals surface area contributed by atoms with Crippen LogP contribution in [0.1, 0.15) is 31.7 Å². The average Bonchev–Trinajstić information content (AvgIpc) is 3.27. The fourth-order valence-electron chi connectivity index (χ4n) is 4.23. The minimum Gasteiger partial charge on any atom is -0.389 e. The molecule has 0 radical (unpaired) electrons. The quantitative estimate of drug-likeness (QED) is 0.454. The lowest BCUT2D eigenvalue weighted by Gasteiger charge is -2.37. The average molecular weight is 531 g/mol. The van der Waals surface area contributed by atoms with Crippen LogP contribution in [-0.2, 0) is 21.4 Å². The molecule has 0 atom stereocenters. The summed E-state index contributed by atoms with van der Waals surface area (Å²) < 4.78 is 30.9. The number of fused-ring (bicyclic) bond motifs is 1. The Hall–Kier alpha value is -3.12. The Morgan fingerprint density at radius 1 is 1.28 bits per heavy atom. The molecule has 2 N–H and O–H groups in total. The van der Waals surface area contributed by atoms with E-state index in [2.05, 4.69) is 26.0 Å². The van der Waals surface area contributed by atoms with E-state index in [1.54, 1.807) is 16.7 Å². The van der Waals surface area contributed by atoms with E-state index >= 15 is 0 Å². The van der Waals surface area contributed by atoms with Crippen LogP contribution >= 0.6 is 11.3 Å². The number of sulfonamides is 1. The number of hydrogen-bond acceptors (Lipinski definition) is 10.